The first-order valence-electron chi connectivity index (χ1n) is 11.9. The summed E-state index contributed by atoms with van der Waals surface area (Å²) in [4.78, 5) is 25.9. The van der Waals surface area contributed by atoms with Crippen molar-refractivity contribution < 1.29 is 19.7 Å². The first kappa shape index (κ1) is 22.9. The number of rotatable bonds is 7. The topological polar surface area (TPSA) is 104 Å². The minimum Gasteiger partial charge on any atom is -0.494 e. The molecule has 1 aromatic carbocycles. The van der Waals surface area contributed by atoms with E-state index in [9.17, 15) is 15.0 Å². The van der Waals surface area contributed by atoms with Crippen LogP contribution in [0, 0.1) is 0 Å². The van der Waals surface area contributed by atoms with Gasteiger partial charge in [0.1, 0.15) is 6.10 Å². The van der Waals surface area contributed by atoms with Crippen molar-refractivity contribution in [3.05, 3.63) is 77.6 Å². The molecular formula is C26H29N5O4. The monoisotopic (exact) mass is 475 g/mol. The molecule has 1 aliphatic carbocycles. The van der Waals surface area contributed by atoms with Gasteiger partial charge in [-0.25, -0.2) is 14.8 Å². The Balaban J connectivity index is 1.31. The number of benzene rings is 1. The van der Waals surface area contributed by atoms with Crippen molar-refractivity contribution in [3.63, 3.8) is 0 Å². The van der Waals surface area contributed by atoms with E-state index in [-0.39, 0.29) is 18.3 Å². The second-order valence-corrected chi connectivity index (χ2v) is 8.82. The van der Waals surface area contributed by atoms with Gasteiger partial charge in [0.2, 0.25) is 5.95 Å². The maximum absolute atomic E-state index is 12.9. The summed E-state index contributed by atoms with van der Waals surface area (Å²) >= 11 is 0. The van der Waals surface area contributed by atoms with Crippen LogP contribution in [0.15, 0.2) is 60.9 Å². The van der Waals surface area contributed by atoms with E-state index in [1.165, 1.54) is 4.57 Å². The molecule has 1 unspecified atom stereocenters. The molecular weight excluding hydrogens is 446 g/mol. The quantitative estimate of drug-likeness (QED) is 0.397. The third-order valence-electron chi connectivity index (χ3n) is 6.56. The standard InChI is InChI=1S/C26H29N5O4/c32-23-21-9-4-5-10-22(21)24(33)31(23)18-20(35-25(34)19-7-2-1-3-8-19)17-29-13-15-30(16-14-29)26-27-11-6-12-28-26/h1-8,11-12,20,32-33H,9-10,13-18H2. The van der Waals surface area contributed by atoms with Gasteiger partial charge in [-0.05, 0) is 31.0 Å². The number of ether oxygens (including phenoxy) is 1. The fourth-order valence-corrected chi connectivity index (χ4v) is 4.70. The van der Waals surface area contributed by atoms with Gasteiger partial charge >= 0.3 is 5.97 Å². The van der Waals surface area contributed by atoms with E-state index in [2.05, 4.69) is 19.8 Å². The molecule has 0 spiro atoms. The van der Waals surface area contributed by atoms with Crippen LogP contribution in [0.4, 0.5) is 5.95 Å². The van der Waals surface area contributed by atoms with E-state index in [1.54, 1.807) is 42.7 Å². The molecule has 1 fully saturated rings. The lowest BCUT2D eigenvalue weighted by Crippen LogP contribution is -2.50. The molecule has 2 aromatic heterocycles. The molecule has 182 valence electrons. The Bertz CT molecular complexity index is 1160. The van der Waals surface area contributed by atoms with Crippen molar-refractivity contribution in [2.45, 2.75) is 25.5 Å². The zero-order valence-electron chi connectivity index (χ0n) is 19.5. The summed E-state index contributed by atoms with van der Waals surface area (Å²) in [5.41, 5.74) is 1.93. The summed E-state index contributed by atoms with van der Waals surface area (Å²) in [7, 11) is 0. The van der Waals surface area contributed by atoms with Crippen LogP contribution in [0.1, 0.15) is 21.5 Å². The number of carbonyl (C=O) groups is 1. The Morgan fingerprint density at radius 1 is 0.886 bits per heavy atom. The molecule has 2 N–H and O–H groups in total. The highest BCUT2D eigenvalue weighted by Crippen LogP contribution is 2.37. The van der Waals surface area contributed by atoms with E-state index in [4.69, 9.17) is 4.74 Å². The van der Waals surface area contributed by atoms with Gasteiger partial charge in [0, 0.05) is 56.2 Å². The van der Waals surface area contributed by atoms with Gasteiger partial charge < -0.3 is 19.8 Å². The summed E-state index contributed by atoms with van der Waals surface area (Å²) in [5.74, 6) is 0.354. The van der Waals surface area contributed by atoms with Crippen molar-refractivity contribution in [1.29, 1.82) is 0 Å². The number of fused-ring (bicyclic) bond motifs is 1. The molecule has 0 amide bonds. The first-order valence-corrected chi connectivity index (χ1v) is 11.9. The highest BCUT2D eigenvalue weighted by Gasteiger charge is 2.28. The molecule has 1 saturated heterocycles. The molecule has 0 saturated carbocycles. The average molecular weight is 476 g/mol. The van der Waals surface area contributed by atoms with Crippen LogP contribution in [-0.2, 0) is 24.1 Å². The van der Waals surface area contributed by atoms with E-state index < -0.39 is 12.1 Å². The largest absolute Gasteiger partial charge is 0.494 e. The number of nitrogens with zero attached hydrogens (tertiary/aromatic N) is 5. The van der Waals surface area contributed by atoms with Crippen molar-refractivity contribution >= 4 is 11.9 Å². The number of hydrogen-bond acceptors (Lipinski definition) is 8. The van der Waals surface area contributed by atoms with E-state index in [1.807, 2.05) is 18.2 Å². The lowest BCUT2D eigenvalue weighted by atomic mass is 10.0. The minimum atomic E-state index is -0.569. The zero-order valence-corrected chi connectivity index (χ0v) is 19.5. The highest BCUT2D eigenvalue weighted by molar-refractivity contribution is 5.89. The number of allylic oxidation sites excluding steroid dienone is 2. The fourth-order valence-electron chi connectivity index (χ4n) is 4.70. The predicted molar refractivity (Wildman–Crippen MR) is 131 cm³/mol. The Morgan fingerprint density at radius 2 is 1.51 bits per heavy atom. The Morgan fingerprint density at radius 3 is 2.14 bits per heavy atom. The number of aromatic hydroxyl groups is 2. The lowest BCUT2D eigenvalue weighted by molar-refractivity contribution is 0.0136. The molecule has 3 heterocycles. The van der Waals surface area contributed by atoms with Crippen LogP contribution in [0.25, 0.3) is 0 Å². The van der Waals surface area contributed by atoms with Crippen LogP contribution >= 0.6 is 0 Å². The molecule has 9 nitrogen and oxygen atoms in total. The number of carbonyl (C=O) groups excluding carboxylic acids is 1. The van der Waals surface area contributed by atoms with Gasteiger partial charge in [-0.3, -0.25) is 9.47 Å². The summed E-state index contributed by atoms with van der Waals surface area (Å²) in [6.45, 7) is 3.64. The van der Waals surface area contributed by atoms with Crippen molar-refractivity contribution in [3.8, 4) is 11.8 Å². The van der Waals surface area contributed by atoms with Crippen LogP contribution < -0.4 is 4.90 Å². The molecule has 1 aliphatic heterocycles. The summed E-state index contributed by atoms with van der Waals surface area (Å²) in [6.07, 6.45) is 8.00. The predicted octanol–water partition coefficient (Wildman–Crippen LogP) is 2.39. The van der Waals surface area contributed by atoms with Crippen LogP contribution in [0.3, 0.4) is 0 Å². The molecule has 5 rings (SSSR count). The van der Waals surface area contributed by atoms with Crippen molar-refractivity contribution in [1.82, 2.24) is 19.4 Å². The number of anilines is 1. The van der Waals surface area contributed by atoms with Gasteiger partial charge in [0.15, 0.2) is 11.8 Å². The van der Waals surface area contributed by atoms with Crippen LogP contribution in [0.5, 0.6) is 11.8 Å². The highest BCUT2D eigenvalue weighted by atomic mass is 16.5. The number of aromatic nitrogens is 3. The summed E-state index contributed by atoms with van der Waals surface area (Å²) < 4.78 is 7.39. The van der Waals surface area contributed by atoms with E-state index >= 15 is 0 Å². The van der Waals surface area contributed by atoms with Crippen molar-refractivity contribution in [2.24, 2.45) is 0 Å². The van der Waals surface area contributed by atoms with Gasteiger partial charge in [0.05, 0.1) is 12.1 Å². The molecule has 1 atom stereocenters. The second-order valence-electron chi connectivity index (χ2n) is 8.82. The smallest absolute Gasteiger partial charge is 0.338 e. The SMILES string of the molecule is O=C(OC(CN1CCN(c2ncccn2)CC1)Cn1c(O)c2c(c1O)CC=CC2)c1ccccc1. The van der Waals surface area contributed by atoms with Gasteiger partial charge in [-0.15, -0.1) is 0 Å². The first-order chi connectivity index (χ1) is 17.1. The van der Waals surface area contributed by atoms with Crippen LogP contribution in [0.2, 0.25) is 0 Å². The number of piperazine rings is 1. The molecule has 2 aliphatic rings. The second kappa shape index (κ2) is 10.2. The van der Waals surface area contributed by atoms with Gasteiger partial charge in [0.25, 0.3) is 0 Å². The lowest BCUT2D eigenvalue weighted by Gasteiger charge is -2.36. The van der Waals surface area contributed by atoms with E-state index in [0.717, 1.165) is 37.3 Å². The minimum absolute atomic E-state index is 0.0358. The number of esters is 1. The third kappa shape index (κ3) is 5.00. The maximum Gasteiger partial charge on any atom is 0.338 e. The third-order valence-corrected chi connectivity index (χ3v) is 6.56. The van der Waals surface area contributed by atoms with Gasteiger partial charge in [-0.2, -0.15) is 0 Å². The average Bonchev–Trinajstić information content (AvgIpc) is 3.15. The summed E-state index contributed by atoms with van der Waals surface area (Å²) in [5, 5.41) is 21.6. The normalized spacial score (nSPS) is 16.6. The van der Waals surface area contributed by atoms with Crippen LogP contribution in [-0.4, -0.2) is 74.4 Å². The maximum atomic E-state index is 12.9. The Labute approximate surface area is 203 Å². The summed E-state index contributed by atoms with van der Waals surface area (Å²) in [6, 6.07) is 10.7. The van der Waals surface area contributed by atoms with Crippen molar-refractivity contribution in [2.75, 3.05) is 37.6 Å². The molecule has 9 heteroatoms. The van der Waals surface area contributed by atoms with E-state index in [0.29, 0.717) is 30.9 Å². The Kier molecular flexibility index (Phi) is 6.67. The molecule has 35 heavy (non-hydrogen) atoms. The molecule has 0 radical (unpaired) electrons. The molecule has 0 bridgehead atoms. The van der Waals surface area contributed by atoms with Gasteiger partial charge in [-0.1, -0.05) is 30.4 Å². The Hall–Kier alpha value is -3.85. The zero-order chi connectivity index (χ0) is 24.2. The number of hydrogen-bond donors (Lipinski definition) is 2. The fraction of sp³-hybridized carbons (Fsp3) is 0.346. The molecule has 3 aromatic rings.